The molecule has 24 heavy (non-hydrogen) atoms. The highest BCUT2D eigenvalue weighted by Crippen LogP contribution is 2.17. The summed E-state index contributed by atoms with van der Waals surface area (Å²) in [5.41, 5.74) is 0.479. The van der Waals surface area contributed by atoms with Crippen molar-refractivity contribution in [3.05, 3.63) is 59.7 Å². The van der Waals surface area contributed by atoms with E-state index in [-0.39, 0.29) is 13.2 Å². The maximum atomic E-state index is 13.4. The number of nitrogens with one attached hydrogen (secondary N) is 2. The second kappa shape index (κ2) is 8.26. The van der Waals surface area contributed by atoms with E-state index in [1.54, 1.807) is 6.07 Å². The summed E-state index contributed by atoms with van der Waals surface area (Å²) in [6, 6.07) is 9.73. The predicted molar refractivity (Wildman–Crippen MR) is 86.1 cm³/mol. The summed E-state index contributed by atoms with van der Waals surface area (Å²) in [4.78, 5) is 11.6. The quantitative estimate of drug-likeness (QED) is 0.760. The molecule has 2 amide bonds. The molecule has 0 fully saturated rings. The van der Waals surface area contributed by atoms with E-state index in [0.717, 1.165) is 17.7 Å². The molecule has 0 aromatic heterocycles. The van der Waals surface area contributed by atoms with Gasteiger partial charge in [0.1, 0.15) is 35.8 Å². The SMILES string of the molecule is Cc1cccc(OCC(O)CNC(=O)Nc2c(F)cccc2F)c1. The minimum Gasteiger partial charge on any atom is -0.491 e. The van der Waals surface area contributed by atoms with Gasteiger partial charge in [0.15, 0.2) is 0 Å². The van der Waals surface area contributed by atoms with Crippen LogP contribution in [0, 0.1) is 18.6 Å². The van der Waals surface area contributed by atoms with Gasteiger partial charge in [-0.3, -0.25) is 0 Å². The molecular formula is C17H18F2N2O3. The molecule has 0 spiro atoms. The van der Waals surface area contributed by atoms with E-state index in [2.05, 4.69) is 10.6 Å². The number of amides is 2. The van der Waals surface area contributed by atoms with Crippen molar-refractivity contribution >= 4 is 11.7 Å². The number of carbonyl (C=O) groups is 1. The Labute approximate surface area is 138 Å². The smallest absolute Gasteiger partial charge is 0.319 e. The number of hydrogen-bond acceptors (Lipinski definition) is 3. The highest BCUT2D eigenvalue weighted by atomic mass is 19.1. The van der Waals surface area contributed by atoms with Gasteiger partial charge in [0, 0.05) is 6.54 Å². The molecule has 3 N–H and O–H groups in total. The summed E-state index contributed by atoms with van der Waals surface area (Å²) < 4.78 is 32.2. The third-order valence-corrected chi connectivity index (χ3v) is 3.13. The number of anilines is 1. The minimum absolute atomic E-state index is 0.0300. The number of benzene rings is 2. The Kier molecular flexibility index (Phi) is 6.08. The first-order valence-corrected chi connectivity index (χ1v) is 7.32. The van der Waals surface area contributed by atoms with Crippen LogP contribution in [0.2, 0.25) is 0 Å². The molecule has 2 aromatic rings. The van der Waals surface area contributed by atoms with Gasteiger partial charge in [-0.05, 0) is 36.8 Å². The number of rotatable bonds is 6. The maximum absolute atomic E-state index is 13.4. The van der Waals surface area contributed by atoms with E-state index in [0.29, 0.717) is 5.75 Å². The van der Waals surface area contributed by atoms with Crippen LogP contribution in [-0.2, 0) is 0 Å². The van der Waals surface area contributed by atoms with Gasteiger partial charge in [0.25, 0.3) is 0 Å². The molecule has 2 rings (SSSR count). The van der Waals surface area contributed by atoms with Gasteiger partial charge in [-0.25, -0.2) is 13.6 Å². The number of aliphatic hydroxyl groups is 1. The van der Waals surface area contributed by atoms with Gasteiger partial charge >= 0.3 is 6.03 Å². The fourth-order valence-corrected chi connectivity index (χ4v) is 1.94. The Morgan fingerprint density at radius 2 is 1.88 bits per heavy atom. The van der Waals surface area contributed by atoms with E-state index in [9.17, 15) is 18.7 Å². The van der Waals surface area contributed by atoms with Crippen molar-refractivity contribution in [2.24, 2.45) is 0 Å². The van der Waals surface area contributed by atoms with Crippen molar-refractivity contribution in [1.82, 2.24) is 5.32 Å². The van der Waals surface area contributed by atoms with Crippen molar-refractivity contribution in [1.29, 1.82) is 0 Å². The van der Waals surface area contributed by atoms with Crippen LogP contribution in [0.25, 0.3) is 0 Å². The van der Waals surface area contributed by atoms with Gasteiger partial charge in [-0.15, -0.1) is 0 Å². The highest BCUT2D eigenvalue weighted by molar-refractivity contribution is 5.89. The second-order valence-electron chi connectivity index (χ2n) is 5.21. The molecule has 0 aliphatic rings. The topological polar surface area (TPSA) is 70.6 Å². The van der Waals surface area contributed by atoms with Crippen molar-refractivity contribution < 1.29 is 23.4 Å². The third kappa shape index (κ3) is 5.20. The Bertz CT molecular complexity index is 690. The molecule has 7 heteroatoms. The molecule has 0 aliphatic carbocycles. The molecule has 0 radical (unpaired) electrons. The molecule has 2 aromatic carbocycles. The highest BCUT2D eigenvalue weighted by Gasteiger charge is 2.13. The molecule has 0 bridgehead atoms. The van der Waals surface area contributed by atoms with E-state index >= 15 is 0 Å². The summed E-state index contributed by atoms with van der Waals surface area (Å²) in [5.74, 6) is -1.16. The first-order chi connectivity index (χ1) is 11.5. The number of para-hydroxylation sites is 1. The number of carbonyl (C=O) groups excluding carboxylic acids is 1. The number of aliphatic hydroxyl groups excluding tert-OH is 1. The van der Waals surface area contributed by atoms with E-state index < -0.39 is 29.5 Å². The number of ether oxygens (including phenoxy) is 1. The maximum Gasteiger partial charge on any atom is 0.319 e. The fraction of sp³-hybridized carbons (Fsp3) is 0.235. The van der Waals surface area contributed by atoms with Gasteiger partial charge in [0.05, 0.1) is 0 Å². The molecule has 0 saturated heterocycles. The van der Waals surface area contributed by atoms with Crippen LogP contribution in [0.3, 0.4) is 0 Å². The van der Waals surface area contributed by atoms with E-state index in [1.165, 1.54) is 6.07 Å². The Morgan fingerprint density at radius 1 is 1.21 bits per heavy atom. The van der Waals surface area contributed by atoms with Crippen LogP contribution in [0.4, 0.5) is 19.3 Å². The Hall–Kier alpha value is -2.67. The molecule has 0 aliphatic heterocycles. The summed E-state index contributed by atoms with van der Waals surface area (Å²) >= 11 is 0. The lowest BCUT2D eigenvalue weighted by molar-refractivity contribution is 0.108. The second-order valence-corrected chi connectivity index (χ2v) is 5.21. The first-order valence-electron chi connectivity index (χ1n) is 7.32. The molecule has 0 heterocycles. The lowest BCUT2D eigenvalue weighted by Gasteiger charge is -2.14. The fourth-order valence-electron chi connectivity index (χ4n) is 1.94. The van der Waals surface area contributed by atoms with Crippen molar-refractivity contribution in [3.8, 4) is 5.75 Å². The Morgan fingerprint density at radius 3 is 2.54 bits per heavy atom. The minimum atomic E-state index is -0.971. The van der Waals surface area contributed by atoms with Crippen LogP contribution in [0.5, 0.6) is 5.75 Å². The summed E-state index contributed by atoms with van der Waals surface area (Å²) in [5, 5.41) is 14.2. The van der Waals surface area contributed by atoms with Crippen molar-refractivity contribution in [2.75, 3.05) is 18.5 Å². The van der Waals surface area contributed by atoms with Crippen LogP contribution < -0.4 is 15.4 Å². The number of halogens is 2. The van der Waals surface area contributed by atoms with Gasteiger partial charge in [0.2, 0.25) is 0 Å². The zero-order chi connectivity index (χ0) is 17.5. The first kappa shape index (κ1) is 17.7. The normalized spacial score (nSPS) is 11.7. The van der Waals surface area contributed by atoms with Gasteiger partial charge < -0.3 is 20.5 Å². The van der Waals surface area contributed by atoms with Crippen LogP contribution in [0.15, 0.2) is 42.5 Å². The third-order valence-electron chi connectivity index (χ3n) is 3.13. The van der Waals surface area contributed by atoms with Crippen molar-refractivity contribution in [3.63, 3.8) is 0 Å². The molecule has 0 saturated carbocycles. The molecule has 1 atom stereocenters. The van der Waals surface area contributed by atoms with Gasteiger partial charge in [-0.1, -0.05) is 18.2 Å². The number of aryl methyl sites for hydroxylation is 1. The zero-order valence-corrected chi connectivity index (χ0v) is 13.1. The van der Waals surface area contributed by atoms with E-state index in [1.807, 2.05) is 25.1 Å². The molecule has 1 unspecified atom stereocenters. The molecule has 128 valence electrons. The van der Waals surface area contributed by atoms with Crippen LogP contribution in [-0.4, -0.2) is 30.4 Å². The lowest BCUT2D eigenvalue weighted by Crippen LogP contribution is -2.38. The Balaban J connectivity index is 1.77. The van der Waals surface area contributed by atoms with Crippen molar-refractivity contribution in [2.45, 2.75) is 13.0 Å². The predicted octanol–water partition coefficient (Wildman–Crippen LogP) is 2.83. The number of urea groups is 1. The largest absolute Gasteiger partial charge is 0.491 e. The average Bonchev–Trinajstić information content (AvgIpc) is 2.54. The summed E-state index contributed by atoms with van der Waals surface area (Å²) in [7, 11) is 0. The zero-order valence-electron chi connectivity index (χ0n) is 13.1. The monoisotopic (exact) mass is 336 g/mol. The van der Waals surface area contributed by atoms with Crippen LogP contribution in [0.1, 0.15) is 5.56 Å². The summed E-state index contributed by atoms with van der Waals surface area (Å²) in [6.45, 7) is 1.75. The lowest BCUT2D eigenvalue weighted by atomic mass is 10.2. The van der Waals surface area contributed by atoms with Crippen LogP contribution >= 0.6 is 0 Å². The van der Waals surface area contributed by atoms with Gasteiger partial charge in [-0.2, -0.15) is 0 Å². The standard InChI is InChI=1S/C17H18F2N2O3/c1-11-4-2-5-13(8-11)24-10-12(22)9-20-17(23)21-16-14(18)6-3-7-15(16)19/h2-8,12,22H,9-10H2,1H3,(H2,20,21,23). The average molecular weight is 336 g/mol. The molecular weight excluding hydrogens is 318 g/mol. The molecule has 5 nitrogen and oxygen atoms in total. The van der Waals surface area contributed by atoms with E-state index in [4.69, 9.17) is 4.74 Å². The number of hydrogen-bond donors (Lipinski definition) is 3. The summed E-state index contributed by atoms with van der Waals surface area (Å²) in [6.07, 6.45) is -0.971.